The molecule has 0 spiro atoms. The van der Waals surface area contributed by atoms with Crippen LogP contribution in [0.3, 0.4) is 0 Å². The molecule has 0 radical (unpaired) electrons. The Balaban J connectivity index is 1.70. The van der Waals surface area contributed by atoms with E-state index in [1.165, 1.54) is 24.1 Å². The largest absolute Gasteiger partial charge is 0.416 e. The lowest BCUT2D eigenvalue weighted by atomic mass is 10.00. The number of carbonyl (C=O) groups is 2. The molecule has 8 heteroatoms. The van der Waals surface area contributed by atoms with E-state index in [0.29, 0.717) is 13.1 Å². The third-order valence-corrected chi connectivity index (χ3v) is 4.80. The summed E-state index contributed by atoms with van der Waals surface area (Å²) >= 11 is 0. The molecule has 3 rings (SSSR count). The molecular formula is C17H19F3N2O3. The summed E-state index contributed by atoms with van der Waals surface area (Å²) in [5.74, 6) is -1.44. The van der Waals surface area contributed by atoms with Crippen LogP contribution in [0.2, 0.25) is 0 Å². The van der Waals surface area contributed by atoms with Gasteiger partial charge in [-0.25, -0.2) is 0 Å². The highest BCUT2D eigenvalue weighted by Gasteiger charge is 2.52. The van der Waals surface area contributed by atoms with Crippen molar-refractivity contribution in [2.75, 3.05) is 33.4 Å². The summed E-state index contributed by atoms with van der Waals surface area (Å²) in [7, 11) is 1.49. The van der Waals surface area contributed by atoms with Gasteiger partial charge in [0.15, 0.2) is 0 Å². The van der Waals surface area contributed by atoms with Crippen molar-refractivity contribution in [2.24, 2.45) is 11.8 Å². The Bertz CT molecular complexity index is 653. The van der Waals surface area contributed by atoms with Crippen LogP contribution in [-0.4, -0.2) is 55.0 Å². The van der Waals surface area contributed by atoms with Gasteiger partial charge in [-0.1, -0.05) is 18.2 Å². The molecule has 136 valence electrons. The third-order valence-electron chi connectivity index (χ3n) is 4.80. The molecule has 2 amide bonds. The third kappa shape index (κ3) is 3.41. The lowest BCUT2D eigenvalue weighted by molar-refractivity contribution is -0.142. The zero-order chi connectivity index (χ0) is 18.2. The van der Waals surface area contributed by atoms with Crippen molar-refractivity contribution >= 4 is 11.8 Å². The molecule has 25 heavy (non-hydrogen) atoms. The number of methoxy groups -OCH3 is 1. The molecule has 2 atom stereocenters. The zero-order valence-electron chi connectivity index (χ0n) is 13.8. The normalized spacial score (nSPS) is 24.2. The number of hydrogen-bond acceptors (Lipinski definition) is 4. The van der Waals surface area contributed by atoms with Crippen LogP contribution in [0.15, 0.2) is 24.3 Å². The first-order valence-corrected chi connectivity index (χ1v) is 8.04. The molecule has 2 saturated heterocycles. The minimum Gasteiger partial charge on any atom is -0.383 e. The van der Waals surface area contributed by atoms with E-state index in [0.717, 1.165) is 6.07 Å². The van der Waals surface area contributed by atoms with Gasteiger partial charge in [-0.15, -0.1) is 0 Å². The number of benzene rings is 1. The number of ether oxygens (including phenoxy) is 1. The molecule has 0 N–H and O–H groups in total. The second-order valence-corrected chi connectivity index (χ2v) is 6.38. The minimum atomic E-state index is -4.42. The number of rotatable bonds is 5. The Morgan fingerprint density at radius 2 is 1.72 bits per heavy atom. The first-order chi connectivity index (χ1) is 11.8. The van der Waals surface area contributed by atoms with Gasteiger partial charge in [-0.3, -0.25) is 19.4 Å². The predicted octanol–water partition coefficient (Wildman–Crippen LogP) is 1.77. The van der Waals surface area contributed by atoms with E-state index in [4.69, 9.17) is 4.74 Å². The maximum Gasteiger partial charge on any atom is 0.416 e. The number of carbonyl (C=O) groups excluding carboxylic acids is 2. The first kappa shape index (κ1) is 17.9. The lowest BCUT2D eigenvalue weighted by Gasteiger charge is -2.22. The maximum absolute atomic E-state index is 13.1. The van der Waals surface area contributed by atoms with E-state index in [1.807, 2.05) is 0 Å². The van der Waals surface area contributed by atoms with E-state index in [1.54, 1.807) is 11.0 Å². The molecule has 2 fully saturated rings. The smallest absolute Gasteiger partial charge is 0.383 e. The van der Waals surface area contributed by atoms with Gasteiger partial charge in [-0.05, 0) is 11.6 Å². The van der Waals surface area contributed by atoms with Crippen LogP contribution in [0.4, 0.5) is 13.2 Å². The van der Waals surface area contributed by atoms with Gasteiger partial charge in [0.25, 0.3) is 0 Å². The Morgan fingerprint density at radius 1 is 1.12 bits per heavy atom. The fourth-order valence-electron chi connectivity index (χ4n) is 3.60. The van der Waals surface area contributed by atoms with Crippen molar-refractivity contribution in [3.05, 3.63) is 35.4 Å². The Morgan fingerprint density at radius 3 is 2.28 bits per heavy atom. The molecule has 2 unspecified atom stereocenters. The molecule has 1 aromatic carbocycles. The summed E-state index contributed by atoms with van der Waals surface area (Å²) in [6, 6.07) is 5.40. The van der Waals surface area contributed by atoms with Crippen molar-refractivity contribution in [3.8, 4) is 0 Å². The molecule has 0 saturated carbocycles. The summed E-state index contributed by atoms with van der Waals surface area (Å²) in [5.41, 5.74) is -0.516. The summed E-state index contributed by atoms with van der Waals surface area (Å²) in [5, 5.41) is 0. The second-order valence-electron chi connectivity index (χ2n) is 6.38. The zero-order valence-corrected chi connectivity index (χ0v) is 13.8. The molecule has 2 heterocycles. The summed E-state index contributed by atoms with van der Waals surface area (Å²) < 4.78 is 44.2. The number of hydrogen-bond donors (Lipinski definition) is 0. The monoisotopic (exact) mass is 356 g/mol. The van der Waals surface area contributed by atoms with Crippen molar-refractivity contribution in [3.63, 3.8) is 0 Å². The molecule has 2 aliphatic heterocycles. The van der Waals surface area contributed by atoms with Gasteiger partial charge in [0.05, 0.1) is 30.6 Å². The van der Waals surface area contributed by atoms with Gasteiger partial charge in [0, 0.05) is 26.7 Å². The fraction of sp³-hybridized carbons (Fsp3) is 0.529. The van der Waals surface area contributed by atoms with Crippen LogP contribution in [-0.2, 0) is 27.0 Å². The highest BCUT2D eigenvalue weighted by molar-refractivity contribution is 6.05. The van der Waals surface area contributed by atoms with E-state index >= 15 is 0 Å². The number of alkyl halides is 3. The average Bonchev–Trinajstić information content (AvgIpc) is 3.06. The van der Waals surface area contributed by atoms with E-state index in [9.17, 15) is 22.8 Å². The summed E-state index contributed by atoms with van der Waals surface area (Å²) in [4.78, 5) is 27.7. The Hall–Kier alpha value is -1.93. The fourth-order valence-corrected chi connectivity index (χ4v) is 3.60. The molecule has 0 bridgehead atoms. The maximum atomic E-state index is 13.1. The average molecular weight is 356 g/mol. The van der Waals surface area contributed by atoms with Gasteiger partial charge < -0.3 is 4.74 Å². The highest BCUT2D eigenvalue weighted by atomic mass is 19.4. The second kappa shape index (κ2) is 6.76. The number of amides is 2. The number of halogens is 3. The topological polar surface area (TPSA) is 49.9 Å². The molecule has 0 aliphatic carbocycles. The van der Waals surface area contributed by atoms with E-state index in [-0.39, 0.29) is 37.1 Å². The van der Waals surface area contributed by atoms with Gasteiger partial charge in [0.1, 0.15) is 0 Å². The van der Waals surface area contributed by atoms with Crippen molar-refractivity contribution in [1.82, 2.24) is 9.80 Å². The Kier molecular flexibility index (Phi) is 4.83. The van der Waals surface area contributed by atoms with Crippen molar-refractivity contribution in [2.45, 2.75) is 12.7 Å². The van der Waals surface area contributed by atoms with Crippen LogP contribution in [0, 0.1) is 11.8 Å². The SMILES string of the molecule is COCCN1C(=O)C2CN(Cc3ccccc3C(F)(F)F)CC2C1=O. The molecule has 0 aromatic heterocycles. The molecule has 2 aliphatic rings. The number of nitrogens with zero attached hydrogens (tertiary/aromatic N) is 2. The Labute approximate surface area is 143 Å². The minimum absolute atomic E-state index is 0.0707. The van der Waals surface area contributed by atoms with Crippen molar-refractivity contribution in [1.29, 1.82) is 0 Å². The molecular weight excluding hydrogens is 337 g/mol. The van der Waals surface area contributed by atoms with Gasteiger partial charge in [0.2, 0.25) is 11.8 Å². The number of fused-ring (bicyclic) bond motifs is 1. The summed E-state index contributed by atoms with van der Waals surface area (Å²) in [6.45, 7) is 1.16. The molecule has 5 nitrogen and oxygen atoms in total. The van der Waals surface area contributed by atoms with Crippen LogP contribution in [0.1, 0.15) is 11.1 Å². The summed E-state index contributed by atoms with van der Waals surface area (Å²) in [6.07, 6.45) is -4.42. The van der Waals surface area contributed by atoms with Gasteiger partial charge in [-0.2, -0.15) is 13.2 Å². The van der Waals surface area contributed by atoms with Crippen LogP contribution in [0.25, 0.3) is 0 Å². The number of likely N-dealkylation sites (tertiary alicyclic amines) is 2. The van der Waals surface area contributed by atoms with Gasteiger partial charge >= 0.3 is 6.18 Å². The van der Waals surface area contributed by atoms with E-state index in [2.05, 4.69) is 0 Å². The lowest BCUT2D eigenvalue weighted by Crippen LogP contribution is -2.38. The first-order valence-electron chi connectivity index (χ1n) is 8.04. The highest BCUT2D eigenvalue weighted by Crippen LogP contribution is 2.36. The van der Waals surface area contributed by atoms with Crippen molar-refractivity contribution < 1.29 is 27.5 Å². The van der Waals surface area contributed by atoms with E-state index < -0.39 is 23.6 Å². The van der Waals surface area contributed by atoms with Crippen LogP contribution in [0.5, 0.6) is 0 Å². The molecule has 1 aromatic rings. The predicted molar refractivity (Wildman–Crippen MR) is 82.3 cm³/mol. The van der Waals surface area contributed by atoms with Crippen LogP contribution < -0.4 is 0 Å². The standard InChI is InChI=1S/C17H19F3N2O3/c1-25-7-6-22-15(23)12-9-21(10-13(12)16(22)24)8-11-4-2-3-5-14(11)17(18,19)20/h2-5,12-13H,6-10H2,1H3. The van der Waals surface area contributed by atoms with Crippen LogP contribution >= 0.6 is 0 Å². The quantitative estimate of drug-likeness (QED) is 0.755. The number of imide groups is 1.